The lowest BCUT2D eigenvalue weighted by Gasteiger charge is -2.31. The van der Waals surface area contributed by atoms with Crippen LogP contribution in [0.5, 0.6) is 0 Å². The number of piperidine rings is 1. The molecule has 0 N–H and O–H groups in total. The Hall–Kier alpha value is -2.17. The molecule has 1 unspecified atom stereocenters. The van der Waals surface area contributed by atoms with E-state index in [0.717, 1.165) is 45.5 Å². The van der Waals surface area contributed by atoms with Crippen molar-refractivity contribution in [3.8, 4) is 0 Å². The number of carbonyl (C=O) groups is 1. The van der Waals surface area contributed by atoms with Crippen molar-refractivity contribution < 1.29 is 14.3 Å². The van der Waals surface area contributed by atoms with Gasteiger partial charge in [-0.15, -0.1) is 0 Å². The minimum atomic E-state index is -0.0494. The number of benzene rings is 2. The molecule has 3 rings (SSSR count). The Bertz CT molecular complexity index is 680. The van der Waals surface area contributed by atoms with Crippen LogP contribution in [-0.4, -0.2) is 50.3 Å². The molecule has 2 aromatic rings. The second kappa shape index (κ2) is 11.7. The predicted molar refractivity (Wildman–Crippen MR) is 116 cm³/mol. The number of likely N-dealkylation sites (tertiary alicyclic amines) is 1. The molecule has 1 aliphatic heterocycles. The van der Waals surface area contributed by atoms with Crippen LogP contribution < -0.4 is 0 Å². The van der Waals surface area contributed by atoms with Crippen molar-refractivity contribution in [2.45, 2.75) is 32.1 Å². The standard InChI is InChI=1S/C25H33NO3/c1-2-29-25(27)23-14-9-16-26(20-23)17-19-28-18-15-24(21-10-5-3-6-11-21)22-12-7-4-8-13-22/h3-8,10-13,23-24H,2,9,14-20H2,1H3. The lowest BCUT2D eigenvalue weighted by atomic mass is 9.89. The molecule has 0 spiro atoms. The molecule has 0 aromatic heterocycles. The number of carbonyl (C=O) groups excluding carboxylic acids is 1. The van der Waals surface area contributed by atoms with Crippen LogP contribution in [0.4, 0.5) is 0 Å². The zero-order valence-corrected chi connectivity index (χ0v) is 17.5. The van der Waals surface area contributed by atoms with Crippen LogP contribution >= 0.6 is 0 Å². The molecule has 1 fully saturated rings. The molecule has 2 aromatic carbocycles. The lowest BCUT2D eigenvalue weighted by Crippen LogP contribution is -2.40. The van der Waals surface area contributed by atoms with E-state index in [4.69, 9.17) is 9.47 Å². The molecule has 29 heavy (non-hydrogen) atoms. The maximum absolute atomic E-state index is 12.0. The van der Waals surface area contributed by atoms with Gasteiger partial charge in [-0.1, -0.05) is 60.7 Å². The third-order valence-electron chi connectivity index (χ3n) is 5.63. The highest BCUT2D eigenvalue weighted by Crippen LogP contribution is 2.27. The fraction of sp³-hybridized carbons (Fsp3) is 0.480. The molecule has 1 atom stereocenters. The minimum absolute atomic E-state index is 0.0178. The first kappa shape index (κ1) is 21.5. The molecule has 0 amide bonds. The summed E-state index contributed by atoms with van der Waals surface area (Å²) in [6.45, 7) is 6.45. The topological polar surface area (TPSA) is 38.8 Å². The predicted octanol–water partition coefficient (Wildman–Crippen LogP) is 4.50. The van der Waals surface area contributed by atoms with Gasteiger partial charge in [-0.3, -0.25) is 4.79 Å². The SMILES string of the molecule is CCOC(=O)C1CCCN(CCOCCC(c2ccccc2)c2ccccc2)C1. The van der Waals surface area contributed by atoms with Gasteiger partial charge in [0.1, 0.15) is 0 Å². The molecule has 0 saturated carbocycles. The highest BCUT2D eigenvalue weighted by Gasteiger charge is 2.26. The fourth-order valence-electron chi connectivity index (χ4n) is 4.10. The summed E-state index contributed by atoms with van der Waals surface area (Å²) in [5, 5.41) is 0. The monoisotopic (exact) mass is 395 g/mol. The second-order valence-corrected chi connectivity index (χ2v) is 7.67. The van der Waals surface area contributed by atoms with Gasteiger partial charge < -0.3 is 14.4 Å². The molecule has 1 aliphatic rings. The van der Waals surface area contributed by atoms with Crippen LogP contribution in [0.15, 0.2) is 60.7 Å². The molecule has 1 heterocycles. The van der Waals surface area contributed by atoms with Crippen molar-refractivity contribution in [3.05, 3.63) is 71.8 Å². The molecule has 4 nitrogen and oxygen atoms in total. The van der Waals surface area contributed by atoms with Crippen molar-refractivity contribution in [2.75, 3.05) is 39.5 Å². The number of rotatable bonds is 10. The number of ether oxygens (including phenoxy) is 2. The Balaban J connectivity index is 1.44. The van der Waals surface area contributed by atoms with Crippen LogP contribution in [0.3, 0.4) is 0 Å². The minimum Gasteiger partial charge on any atom is -0.466 e. The maximum atomic E-state index is 12.0. The van der Waals surface area contributed by atoms with E-state index in [0.29, 0.717) is 19.1 Å². The van der Waals surface area contributed by atoms with E-state index in [9.17, 15) is 4.79 Å². The number of nitrogens with zero attached hydrogens (tertiary/aromatic N) is 1. The van der Waals surface area contributed by atoms with E-state index in [1.807, 2.05) is 6.92 Å². The first-order valence-corrected chi connectivity index (χ1v) is 10.8. The van der Waals surface area contributed by atoms with Crippen molar-refractivity contribution in [1.29, 1.82) is 0 Å². The van der Waals surface area contributed by atoms with Gasteiger partial charge in [0.2, 0.25) is 0 Å². The first-order valence-electron chi connectivity index (χ1n) is 10.8. The van der Waals surface area contributed by atoms with E-state index in [2.05, 4.69) is 65.6 Å². The van der Waals surface area contributed by atoms with Crippen molar-refractivity contribution >= 4 is 5.97 Å². The summed E-state index contributed by atoms with van der Waals surface area (Å²) in [6.07, 6.45) is 2.94. The Morgan fingerprint density at radius 2 is 1.69 bits per heavy atom. The quantitative estimate of drug-likeness (QED) is 0.439. The molecule has 0 radical (unpaired) electrons. The van der Waals surface area contributed by atoms with E-state index >= 15 is 0 Å². The summed E-state index contributed by atoms with van der Waals surface area (Å²) in [5.74, 6) is 0.316. The van der Waals surface area contributed by atoms with Crippen molar-refractivity contribution in [2.24, 2.45) is 5.92 Å². The summed E-state index contributed by atoms with van der Waals surface area (Å²) < 4.78 is 11.2. The van der Waals surface area contributed by atoms with Gasteiger partial charge in [-0.05, 0) is 43.9 Å². The van der Waals surface area contributed by atoms with Gasteiger partial charge in [0, 0.05) is 25.6 Å². The largest absolute Gasteiger partial charge is 0.466 e. The molecule has 156 valence electrons. The molecule has 0 aliphatic carbocycles. The summed E-state index contributed by atoms with van der Waals surface area (Å²) in [6, 6.07) is 21.3. The smallest absolute Gasteiger partial charge is 0.310 e. The molecule has 1 saturated heterocycles. The van der Waals surface area contributed by atoms with Crippen LogP contribution in [0.2, 0.25) is 0 Å². The van der Waals surface area contributed by atoms with Gasteiger partial charge in [0.05, 0.1) is 19.1 Å². The average Bonchev–Trinajstić information content (AvgIpc) is 2.78. The van der Waals surface area contributed by atoms with Gasteiger partial charge in [0.15, 0.2) is 0 Å². The van der Waals surface area contributed by atoms with E-state index < -0.39 is 0 Å². The average molecular weight is 396 g/mol. The Morgan fingerprint density at radius 1 is 1.03 bits per heavy atom. The number of hydrogen-bond acceptors (Lipinski definition) is 4. The normalized spacial score (nSPS) is 17.4. The lowest BCUT2D eigenvalue weighted by molar-refractivity contribution is -0.150. The van der Waals surface area contributed by atoms with Crippen LogP contribution in [-0.2, 0) is 14.3 Å². The highest BCUT2D eigenvalue weighted by atomic mass is 16.5. The van der Waals surface area contributed by atoms with Gasteiger partial charge in [-0.2, -0.15) is 0 Å². The summed E-state index contributed by atoms with van der Waals surface area (Å²) in [4.78, 5) is 14.3. The van der Waals surface area contributed by atoms with E-state index in [1.54, 1.807) is 0 Å². The van der Waals surface area contributed by atoms with Crippen LogP contribution in [0.1, 0.15) is 43.2 Å². The molecular weight excluding hydrogens is 362 g/mol. The van der Waals surface area contributed by atoms with Crippen LogP contribution in [0, 0.1) is 5.92 Å². The second-order valence-electron chi connectivity index (χ2n) is 7.67. The molecule has 0 bridgehead atoms. The summed E-state index contributed by atoms with van der Waals surface area (Å²) in [7, 11) is 0. The van der Waals surface area contributed by atoms with E-state index in [1.165, 1.54) is 11.1 Å². The van der Waals surface area contributed by atoms with Gasteiger partial charge in [-0.25, -0.2) is 0 Å². The molecular formula is C25H33NO3. The first-order chi connectivity index (χ1) is 14.3. The number of hydrogen-bond donors (Lipinski definition) is 0. The Kier molecular flexibility index (Phi) is 8.72. The molecule has 4 heteroatoms. The Morgan fingerprint density at radius 3 is 2.31 bits per heavy atom. The van der Waals surface area contributed by atoms with Gasteiger partial charge >= 0.3 is 5.97 Å². The van der Waals surface area contributed by atoms with Gasteiger partial charge in [0.25, 0.3) is 0 Å². The maximum Gasteiger partial charge on any atom is 0.310 e. The zero-order valence-electron chi connectivity index (χ0n) is 17.5. The highest BCUT2D eigenvalue weighted by molar-refractivity contribution is 5.72. The third-order valence-corrected chi connectivity index (χ3v) is 5.63. The zero-order chi connectivity index (χ0) is 20.3. The Labute approximate surface area is 174 Å². The number of esters is 1. The van der Waals surface area contributed by atoms with Crippen LogP contribution in [0.25, 0.3) is 0 Å². The summed E-state index contributed by atoms with van der Waals surface area (Å²) >= 11 is 0. The fourth-order valence-corrected chi connectivity index (χ4v) is 4.10. The summed E-state index contributed by atoms with van der Waals surface area (Å²) in [5.41, 5.74) is 2.66. The van der Waals surface area contributed by atoms with Crippen molar-refractivity contribution in [1.82, 2.24) is 4.90 Å². The third kappa shape index (κ3) is 6.69. The van der Waals surface area contributed by atoms with Crippen molar-refractivity contribution in [3.63, 3.8) is 0 Å². The van der Waals surface area contributed by atoms with E-state index in [-0.39, 0.29) is 11.9 Å².